The molecule has 0 saturated carbocycles. The van der Waals surface area contributed by atoms with Crippen molar-refractivity contribution in [3.05, 3.63) is 58.2 Å². The lowest BCUT2D eigenvalue weighted by Gasteiger charge is -2.37. The van der Waals surface area contributed by atoms with Gasteiger partial charge in [0.05, 0.1) is 6.61 Å². The molecule has 0 amide bonds. The third-order valence-electron chi connectivity index (χ3n) is 5.85. The fourth-order valence-corrected chi connectivity index (χ4v) is 3.78. The van der Waals surface area contributed by atoms with Gasteiger partial charge in [-0.05, 0) is 84.9 Å². The molecule has 5 heteroatoms. The highest BCUT2D eigenvalue weighted by Gasteiger charge is 2.32. The van der Waals surface area contributed by atoms with Gasteiger partial charge in [0.25, 0.3) is 0 Å². The Kier molecular flexibility index (Phi) is 7.62. The summed E-state index contributed by atoms with van der Waals surface area (Å²) in [5.74, 6) is -2.51. The Morgan fingerprint density at radius 1 is 1.27 bits per heavy atom. The molecule has 3 nitrogen and oxygen atoms in total. The van der Waals surface area contributed by atoms with Gasteiger partial charge in [-0.25, -0.2) is 9.18 Å². The Morgan fingerprint density at radius 2 is 1.93 bits per heavy atom. The smallest absolute Gasteiger partial charge is 0.365 e. The van der Waals surface area contributed by atoms with E-state index in [1.165, 1.54) is 18.1 Å². The maximum atomic E-state index is 14.9. The van der Waals surface area contributed by atoms with E-state index >= 15 is 0 Å². The number of carboxylic acid groups (broad SMARTS) is 1. The predicted octanol–water partition coefficient (Wildman–Crippen LogP) is 7.24. The Bertz CT molecular complexity index is 907. The van der Waals surface area contributed by atoms with Crippen LogP contribution in [-0.4, -0.2) is 17.7 Å². The molecule has 0 saturated heterocycles. The van der Waals surface area contributed by atoms with Crippen LogP contribution in [-0.2, 0) is 10.2 Å². The Labute approximate surface area is 178 Å². The van der Waals surface area contributed by atoms with Gasteiger partial charge in [0.15, 0.2) is 0 Å². The summed E-state index contributed by atoms with van der Waals surface area (Å²) in [5.41, 5.74) is 3.37. The van der Waals surface area contributed by atoms with Crippen molar-refractivity contribution >= 4 is 11.5 Å². The van der Waals surface area contributed by atoms with Crippen LogP contribution >= 0.6 is 0 Å². The lowest BCUT2D eigenvalue weighted by molar-refractivity contribution is -0.134. The number of allylic oxidation sites excluding steroid dienone is 5. The fraction of sp³-hybridized carbons (Fsp3) is 0.480. The fourth-order valence-electron chi connectivity index (χ4n) is 3.78. The van der Waals surface area contributed by atoms with Crippen LogP contribution in [0.5, 0.6) is 5.75 Å². The van der Waals surface area contributed by atoms with E-state index in [2.05, 4.69) is 20.8 Å². The number of hydrogen-bond donors (Lipinski definition) is 1. The zero-order valence-electron chi connectivity index (χ0n) is 18.7. The Balaban J connectivity index is 2.58. The maximum absolute atomic E-state index is 14.9. The average Bonchev–Trinajstić information content (AvgIpc) is 2.71. The molecule has 0 heterocycles. The maximum Gasteiger partial charge on any atom is 0.365 e. The molecular formula is C25H32F2O3. The van der Waals surface area contributed by atoms with Gasteiger partial charge in [-0.1, -0.05) is 33.8 Å². The SMILES string of the molecule is CCCOc1cc2c(cc1\C(C)=C(F)/C=C/C(C)=C(\F)C(=O)O)C(C)CCC2(C)C. The zero-order chi connectivity index (χ0) is 22.6. The molecule has 2 rings (SSSR count). The highest BCUT2D eigenvalue weighted by atomic mass is 19.1. The van der Waals surface area contributed by atoms with E-state index in [1.54, 1.807) is 6.92 Å². The van der Waals surface area contributed by atoms with Crippen molar-refractivity contribution < 1.29 is 23.4 Å². The van der Waals surface area contributed by atoms with Crippen molar-refractivity contribution in [2.24, 2.45) is 0 Å². The van der Waals surface area contributed by atoms with Crippen LogP contribution in [0.4, 0.5) is 8.78 Å². The third-order valence-corrected chi connectivity index (χ3v) is 5.85. The molecule has 1 aliphatic carbocycles. The number of halogens is 2. The van der Waals surface area contributed by atoms with Crippen LogP contribution in [0.2, 0.25) is 0 Å². The number of hydrogen-bond acceptors (Lipinski definition) is 2. The number of fused-ring (bicyclic) bond motifs is 1. The quantitative estimate of drug-likeness (QED) is 0.375. The third kappa shape index (κ3) is 5.18. The average molecular weight is 419 g/mol. The second-order valence-electron chi connectivity index (χ2n) is 8.72. The predicted molar refractivity (Wildman–Crippen MR) is 117 cm³/mol. The van der Waals surface area contributed by atoms with Gasteiger partial charge in [-0.3, -0.25) is 0 Å². The molecule has 1 unspecified atom stereocenters. The Hall–Kier alpha value is -2.43. The first-order valence-corrected chi connectivity index (χ1v) is 10.4. The molecule has 1 atom stereocenters. The number of carboxylic acids is 1. The topological polar surface area (TPSA) is 46.5 Å². The number of benzene rings is 1. The van der Waals surface area contributed by atoms with Gasteiger partial charge in [0.1, 0.15) is 11.6 Å². The van der Waals surface area contributed by atoms with Crippen molar-refractivity contribution in [2.45, 2.75) is 72.1 Å². The van der Waals surface area contributed by atoms with Crippen LogP contribution in [0.3, 0.4) is 0 Å². The molecule has 0 aromatic heterocycles. The minimum Gasteiger partial charge on any atom is -0.493 e. The molecule has 1 aromatic rings. The lowest BCUT2D eigenvalue weighted by Crippen LogP contribution is -2.26. The highest BCUT2D eigenvalue weighted by Crippen LogP contribution is 2.46. The van der Waals surface area contributed by atoms with E-state index in [0.29, 0.717) is 29.4 Å². The van der Waals surface area contributed by atoms with Crippen molar-refractivity contribution in [3.63, 3.8) is 0 Å². The second-order valence-corrected chi connectivity index (χ2v) is 8.72. The summed E-state index contributed by atoms with van der Waals surface area (Å²) in [4.78, 5) is 10.7. The van der Waals surface area contributed by atoms with Crippen molar-refractivity contribution in [1.82, 2.24) is 0 Å². The first kappa shape index (κ1) is 23.8. The molecular weight excluding hydrogens is 386 g/mol. The molecule has 164 valence electrons. The summed E-state index contributed by atoms with van der Waals surface area (Å²) in [7, 11) is 0. The number of rotatable bonds is 7. The van der Waals surface area contributed by atoms with Crippen LogP contribution in [0, 0.1) is 0 Å². The molecule has 1 aromatic carbocycles. The summed E-state index contributed by atoms with van der Waals surface area (Å²) in [6.07, 6.45) is 5.22. The van der Waals surface area contributed by atoms with Gasteiger partial charge in [-0.15, -0.1) is 0 Å². The van der Waals surface area contributed by atoms with Gasteiger partial charge in [-0.2, -0.15) is 4.39 Å². The van der Waals surface area contributed by atoms with Crippen molar-refractivity contribution in [2.75, 3.05) is 6.61 Å². The van der Waals surface area contributed by atoms with Crippen LogP contribution in [0.1, 0.15) is 83.4 Å². The van der Waals surface area contributed by atoms with Gasteiger partial charge < -0.3 is 9.84 Å². The molecule has 0 spiro atoms. The summed E-state index contributed by atoms with van der Waals surface area (Å²) in [5, 5.41) is 8.71. The normalized spacial score (nSPS) is 19.8. The molecule has 30 heavy (non-hydrogen) atoms. The molecule has 0 aliphatic heterocycles. The van der Waals surface area contributed by atoms with Crippen molar-refractivity contribution in [1.29, 1.82) is 0 Å². The highest BCUT2D eigenvalue weighted by molar-refractivity contribution is 5.85. The number of aliphatic carboxylic acids is 1. The molecule has 0 bridgehead atoms. The Morgan fingerprint density at radius 3 is 2.53 bits per heavy atom. The van der Waals surface area contributed by atoms with E-state index in [-0.39, 0.29) is 11.0 Å². The van der Waals surface area contributed by atoms with E-state index in [9.17, 15) is 13.6 Å². The first-order valence-electron chi connectivity index (χ1n) is 10.4. The molecule has 0 fully saturated rings. The first-order chi connectivity index (χ1) is 14.0. The minimum atomic E-state index is -1.67. The summed E-state index contributed by atoms with van der Waals surface area (Å²) < 4.78 is 34.4. The number of carbonyl (C=O) groups is 1. The summed E-state index contributed by atoms with van der Waals surface area (Å²) in [6.45, 7) is 12.1. The van der Waals surface area contributed by atoms with Gasteiger partial charge in [0.2, 0.25) is 5.83 Å². The lowest BCUT2D eigenvalue weighted by atomic mass is 9.68. The zero-order valence-corrected chi connectivity index (χ0v) is 18.7. The molecule has 1 N–H and O–H groups in total. The molecule has 1 aliphatic rings. The summed E-state index contributed by atoms with van der Waals surface area (Å²) >= 11 is 0. The van der Waals surface area contributed by atoms with E-state index in [4.69, 9.17) is 9.84 Å². The van der Waals surface area contributed by atoms with Crippen LogP contribution < -0.4 is 4.74 Å². The summed E-state index contributed by atoms with van der Waals surface area (Å²) in [6, 6.07) is 4.07. The van der Waals surface area contributed by atoms with Gasteiger partial charge >= 0.3 is 5.97 Å². The number of ether oxygens (including phenoxy) is 1. The van der Waals surface area contributed by atoms with Crippen LogP contribution in [0.15, 0.2) is 41.5 Å². The van der Waals surface area contributed by atoms with Crippen molar-refractivity contribution in [3.8, 4) is 5.75 Å². The van der Waals surface area contributed by atoms with E-state index in [0.717, 1.165) is 31.4 Å². The monoisotopic (exact) mass is 418 g/mol. The molecule has 0 radical (unpaired) electrons. The van der Waals surface area contributed by atoms with Gasteiger partial charge in [0, 0.05) is 5.56 Å². The van der Waals surface area contributed by atoms with E-state index < -0.39 is 17.6 Å². The minimum absolute atomic E-state index is 0.0248. The largest absolute Gasteiger partial charge is 0.493 e. The standard InChI is InChI=1S/C25H32F2O3/c1-7-12-30-22-14-20-18(15(2)10-11-25(20,5)6)13-19(22)17(4)21(26)9-8-16(3)23(27)24(28)29/h8-9,13-15H,7,10-12H2,1-6H3,(H,28,29)/b9-8+,21-17+,23-16-. The van der Waals surface area contributed by atoms with Crippen LogP contribution in [0.25, 0.3) is 5.57 Å². The van der Waals surface area contributed by atoms with E-state index in [1.807, 2.05) is 19.1 Å². The second kappa shape index (κ2) is 9.59.